The number of carbonyl (C=O) groups excluding carboxylic acids is 1. The summed E-state index contributed by atoms with van der Waals surface area (Å²) < 4.78 is 18.1. The van der Waals surface area contributed by atoms with E-state index in [4.69, 9.17) is 4.74 Å². The number of hydrogen-bond acceptors (Lipinski definition) is 3. The third-order valence-corrected chi connectivity index (χ3v) is 2.66. The Morgan fingerprint density at radius 2 is 2.25 bits per heavy atom. The predicted octanol–water partition coefficient (Wildman–Crippen LogP) is 1.74. The second-order valence-electron chi connectivity index (χ2n) is 4.38. The van der Waals surface area contributed by atoms with Gasteiger partial charge in [-0.25, -0.2) is 4.39 Å². The molecule has 0 spiro atoms. The molecule has 0 aromatic heterocycles. The van der Waals surface area contributed by atoms with Crippen molar-refractivity contribution in [3.05, 3.63) is 41.7 Å². The summed E-state index contributed by atoms with van der Waals surface area (Å²) in [6.07, 6.45) is 3.23. The molecular formula is C15H20FNO3. The third-order valence-electron chi connectivity index (χ3n) is 2.66. The van der Waals surface area contributed by atoms with Crippen LogP contribution in [0.5, 0.6) is 0 Å². The molecule has 5 heteroatoms. The van der Waals surface area contributed by atoms with E-state index in [0.717, 1.165) is 0 Å². The molecule has 1 aromatic carbocycles. The summed E-state index contributed by atoms with van der Waals surface area (Å²) in [4.78, 5) is 11.5. The maximum absolute atomic E-state index is 13.3. The Kier molecular flexibility index (Phi) is 7.54. The van der Waals surface area contributed by atoms with E-state index in [1.54, 1.807) is 30.4 Å². The molecule has 1 aromatic rings. The molecule has 110 valence electrons. The first-order chi connectivity index (χ1) is 9.63. The summed E-state index contributed by atoms with van der Waals surface area (Å²) in [5, 5.41) is 12.1. The van der Waals surface area contributed by atoms with Crippen LogP contribution >= 0.6 is 0 Å². The molecule has 0 aliphatic rings. The van der Waals surface area contributed by atoms with E-state index in [-0.39, 0.29) is 24.8 Å². The van der Waals surface area contributed by atoms with Crippen LogP contribution in [0.2, 0.25) is 0 Å². The standard InChI is InChI=1S/C15H20FNO3/c1-20-11-13(18)9-10-17-15(19)8-4-6-12-5-2-3-7-14(12)16/h2-7,13,18H,8-11H2,1H3,(H,17,19)/b6-4+. The second kappa shape index (κ2) is 9.23. The van der Waals surface area contributed by atoms with E-state index >= 15 is 0 Å². The number of rotatable bonds is 8. The van der Waals surface area contributed by atoms with Crippen LogP contribution < -0.4 is 5.32 Å². The summed E-state index contributed by atoms with van der Waals surface area (Å²) in [7, 11) is 1.51. The Morgan fingerprint density at radius 1 is 1.50 bits per heavy atom. The molecule has 1 amide bonds. The van der Waals surface area contributed by atoms with Crippen LogP contribution in [0, 0.1) is 5.82 Å². The SMILES string of the molecule is COCC(O)CCNC(=O)C/C=C/c1ccccc1F. The van der Waals surface area contributed by atoms with Crippen molar-refractivity contribution in [1.29, 1.82) is 0 Å². The molecule has 0 aliphatic carbocycles. The number of halogens is 1. The number of carbonyl (C=O) groups is 1. The molecule has 0 saturated carbocycles. The van der Waals surface area contributed by atoms with Crippen molar-refractivity contribution in [3.8, 4) is 0 Å². The molecule has 2 N–H and O–H groups in total. The van der Waals surface area contributed by atoms with Gasteiger partial charge in [-0.1, -0.05) is 30.4 Å². The molecule has 0 fully saturated rings. The number of methoxy groups -OCH3 is 1. The monoisotopic (exact) mass is 281 g/mol. The van der Waals surface area contributed by atoms with Gasteiger partial charge in [0.1, 0.15) is 5.82 Å². The second-order valence-corrected chi connectivity index (χ2v) is 4.38. The summed E-state index contributed by atoms with van der Waals surface area (Å²) >= 11 is 0. The molecule has 1 atom stereocenters. The van der Waals surface area contributed by atoms with E-state index in [1.165, 1.54) is 13.2 Å². The van der Waals surface area contributed by atoms with Crippen LogP contribution in [0.4, 0.5) is 4.39 Å². The summed E-state index contributed by atoms with van der Waals surface area (Å²) in [5.41, 5.74) is 0.454. The van der Waals surface area contributed by atoms with Crippen molar-refractivity contribution < 1.29 is 19.0 Å². The Labute approximate surface area is 118 Å². The van der Waals surface area contributed by atoms with Crippen molar-refractivity contribution in [2.45, 2.75) is 18.9 Å². The molecule has 0 saturated heterocycles. The lowest BCUT2D eigenvalue weighted by atomic mass is 10.2. The molecule has 0 heterocycles. The quantitative estimate of drug-likeness (QED) is 0.763. The van der Waals surface area contributed by atoms with Crippen LogP contribution in [-0.2, 0) is 9.53 Å². The van der Waals surface area contributed by atoms with Crippen LogP contribution in [0.1, 0.15) is 18.4 Å². The third kappa shape index (κ3) is 6.45. The zero-order valence-electron chi connectivity index (χ0n) is 11.5. The van der Waals surface area contributed by atoms with Gasteiger partial charge < -0.3 is 15.2 Å². The molecule has 0 bridgehead atoms. The average Bonchev–Trinajstić information content (AvgIpc) is 2.41. The number of amides is 1. The predicted molar refractivity (Wildman–Crippen MR) is 75.6 cm³/mol. The molecule has 1 unspecified atom stereocenters. The van der Waals surface area contributed by atoms with Crippen LogP contribution in [0.3, 0.4) is 0 Å². The first-order valence-electron chi connectivity index (χ1n) is 6.48. The van der Waals surface area contributed by atoms with E-state index < -0.39 is 6.10 Å². The zero-order valence-corrected chi connectivity index (χ0v) is 11.5. The molecular weight excluding hydrogens is 261 g/mol. The minimum atomic E-state index is -0.575. The molecule has 4 nitrogen and oxygen atoms in total. The largest absolute Gasteiger partial charge is 0.391 e. The van der Waals surface area contributed by atoms with Gasteiger partial charge in [-0.2, -0.15) is 0 Å². The minimum Gasteiger partial charge on any atom is -0.391 e. The van der Waals surface area contributed by atoms with E-state index in [9.17, 15) is 14.3 Å². The lowest BCUT2D eigenvalue weighted by molar-refractivity contribution is -0.120. The van der Waals surface area contributed by atoms with Crippen molar-refractivity contribution in [1.82, 2.24) is 5.32 Å². The molecule has 0 radical (unpaired) electrons. The molecule has 0 aliphatic heterocycles. The average molecular weight is 281 g/mol. The van der Waals surface area contributed by atoms with Crippen LogP contribution in [-0.4, -0.2) is 37.4 Å². The van der Waals surface area contributed by atoms with Crippen molar-refractivity contribution >= 4 is 12.0 Å². The van der Waals surface area contributed by atoms with Crippen molar-refractivity contribution in [2.24, 2.45) is 0 Å². The van der Waals surface area contributed by atoms with Gasteiger partial charge >= 0.3 is 0 Å². The van der Waals surface area contributed by atoms with Gasteiger partial charge in [0.2, 0.25) is 5.91 Å². The number of ether oxygens (including phenoxy) is 1. The van der Waals surface area contributed by atoms with Crippen molar-refractivity contribution in [2.75, 3.05) is 20.3 Å². The number of aliphatic hydroxyl groups is 1. The fraction of sp³-hybridized carbons (Fsp3) is 0.400. The highest BCUT2D eigenvalue weighted by molar-refractivity contribution is 5.78. The van der Waals surface area contributed by atoms with Gasteiger partial charge in [-0.15, -0.1) is 0 Å². The van der Waals surface area contributed by atoms with Gasteiger partial charge in [-0.05, 0) is 12.5 Å². The highest BCUT2D eigenvalue weighted by Gasteiger charge is 2.04. The van der Waals surface area contributed by atoms with Crippen LogP contribution in [0.25, 0.3) is 6.08 Å². The molecule has 20 heavy (non-hydrogen) atoms. The first kappa shape index (κ1) is 16.3. The minimum absolute atomic E-state index is 0.165. The smallest absolute Gasteiger partial charge is 0.223 e. The fourth-order valence-electron chi connectivity index (χ4n) is 1.63. The fourth-order valence-corrected chi connectivity index (χ4v) is 1.63. The van der Waals surface area contributed by atoms with Crippen LogP contribution in [0.15, 0.2) is 30.3 Å². The van der Waals surface area contributed by atoms with Gasteiger partial charge in [-0.3, -0.25) is 4.79 Å². The van der Waals surface area contributed by atoms with Crippen molar-refractivity contribution in [3.63, 3.8) is 0 Å². The Bertz CT molecular complexity index is 448. The normalized spacial score (nSPS) is 12.6. The first-order valence-corrected chi connectivity index (χ1v) is 6.48. The topological polar surface area (TPSA) is 58.6 Å². The molecule has 1 rings (SSSR count). The van der Waals surface area contributed by atoms with Gasteiger partial charge in [0, 0.05) is 25.6 Å². The summed E-state index contributed by atoms with van der Waals surface area (Å²) in [5.74, 6) is -0.478. The highest BCUT2D eigenvalue weighted by Crippen LogP contribution is 2.08. The van der Waals surface area contributed by atoms with E-state index in [2.05, 4.69) is 5.32 Å². The zero-order chi connectivity index (χ0) is 14.8. The number of benzene rings is 1. The lowest BCUT2D eigenvalue weighted by Gasteiger charge is -2.09. The van der Waals surface area contributed by atoms with Gasteiger partial charge in [0.15, 0.2) is 0 Å². The maximum atomic E-state index is 13.3. The number of hydrogen-bond donors (Lipinski definition) is 2. The maximum Gasteiger partial charge on any atom is 0.223 e. The van der Waals surface area contributed by atoms with E-state index in [1.807, 2.05) is 0 Å². The Hall–Kier alpha value is -1.72. The number of nitrogens with one attached hydrogen (secondary N) is 1. The lowest BCUT2D eigenvalue weighted by Crippen LogP contribution is -2.27. The summed E-state index contributed by atoms with van der Waals surface area (Å²) in [6, 6.07) is 6.37. The van der Waals surface area contributed by atoms with Gasteiger partial charge in [0.05, 0.1) is 12.7 Å². The Balaban J connectivity index is 2.25. The van der Waals surface area contributed by atoms with Gasteiger partial charge in [0.25, 0.3) is 0 Å². The summed E-state index contributed by atoms with van der Waals surface area (Å²) in [6.45, 7) is 0.639. The number of aliphatic hydroxyl groups excluding tert-OH is 1. The van der Waals surface area contributed by atoms with E-state index in [0.29, 0.717) is 18.5 Å². The highest BCUT2D eigenvalue weighted by atomic mass is 19.1. The Morgan fingerprint density at radius 3 is 2.95 bits per heavy atom.